The molecule has 4 nitrogen and oxygen atoms in total. The fourth-order valence-corrected chi connectivity index (χ4v) is 3.37. The zero-order chi connectivity index (χ0) is 14.8. The van der Waals surface area contributed by atoms with Crippen LogP contribution in [0, 0.1) is 6.92 Å². The molecule has 1 N–H and O–H groups in total. The number of aromatic nitrogens is 2. The molecule has 2 heterocycles. The van der Waals surface area contributed by atoms with E-state index in [9.17, 15) is 0 Å². The number of ether oxygens (including phenoxy) is 1. The third kappa shape index (κ3) is 3.14. The molecule has 1 aliphatic heterocycles. The summed E-state index contributed by atoms with van der Waals surface area (Å²) < 4.78 is 8.93. The van der Waals surface area contributed by atoms with E-state index in [0.29, 0.717) is 0 Å². The largest absolute Gasteiger partial charge is 0.493 e. The van der Waals surface area contributed by atoms with Crippen LogP contribution in [0.1, 0.15) is 29.4 Å². The summed E-state index contributed by atoms with van der Waals surface area (Å²) in [7, 11) is 0. The highest BCUT2D eigenvalue weighted by Gasteiger charge is 2.17. The van der Waals surface area contributed by atoms with Crippen molar-refractivity contribution in [2.24, 2.45) is 0 Å². The van der Waals surface area contributed by atoms with Gasteiger partial charge in [0, 0.05) is 36.1 Å². The highest BCUT2D eigenvalue weighted by atomic mass is 79.9. The molecular formula is C16H20BrN3O. The molecule has 112 valence electrons. The van der Waals surface area contributed by atoms with Crippen molar-refractivity contribution in [1.29, 1.82) is 0 Å². The van der Waals surface area contributed by atoms with Crippen LogP contribution in [0.4, 0.5) is 0 Å². The van der Waals surface area contributed by atoms with Gasteiger partial charge in [0.05, 0.1) is 18.0 Å². The van der Waals surface area contributed by atoms with Gasteiger partial charge in [-0.15, -0.1) is 0 Å². The molecule has 0 amide bonds. The lowest BCUT2D eigenvalue weighted by atomic mass is 10.1. The first-order chi connectivity index (χ1) is 10.2. The SMILES string of the molecule is CCn1nc(C)cc1CNCc1cc(Br)cc2c1OCC2. The summed E-state index contributed by atoms with van der Waals surface area (Å²) in [6, 6.07) is 6.43. The minimum atomic E-state index is 0.792. The van der Waals surface area contributed by atoms with Crippen LogP contribution >= 0.6 is 15.9 Å². The zero-order valence-corrected chi connectivity index (χ0v) is 14.0. The summed E-state index contributed by atoms with van der Waals surface area (Å²) in [5.74, 6) is 1.06. The Labute approximate surface area is 133 Å². The Morgan fingerprint density at radius 2 is 2.19 bits per heavy atom. The zero-order valence-electron chi connectivity index (χ0n) is 12.4. The molecule has 0 saturated carbocycles. The molecule has 0 radical (unpaired) electrons. The van der Waals surface area contributed by atoms with Crippen LogP contribution in [-0.2, 0) is 26.1 Å². The van der Waals surface area contributed by atoms with E-state index in [-0.39, 0.29) is 0 Å². The maximum absolute atomic E-state index is 5.76. The molecule has 1 aromatic heterocycles. The van der Waals surface area contributed by atoms with E-state index in [1.54, 1.807) is 0 Å². The molecule has 21 heavy (non-hydrogen) atoms. The Balaban J connectivity index is 1.68. The minimum Gasteiger partial charge on any atom is -0.493 e. The number of benzene rings is 1. The lowest BCUT2D eigenvalue weighted by Crippen LogP contribution is -2.16. The van der Waals surface area contributed by atoms with Crippen LogP contribution in [-0.4, -0.2) is 16.4 Å². The van der Waals surface area contributed by atoms with E-state index in [1.807, 2.05) is 11.6 Å². The number of fused-ring (bicyclic) bond motifs is 1. The molecule has 1 aliphatic rings. The predicted octanol–water partition coefficient (Wildman–Crippen LogP) is 3.20. The van der Waals surface area contributed by atoms with Crippen molar-refractivity contribution in [2.75, 3.05) is 6.61 Å². The molecule has 1 aromatic carbocycles. The lowest BCUT2D eigenvalue weighted by Gasteiger charge is -2.11. The molecule has 2 aromatic rings. The van der Waals surface area contributed by atoms with E-state index in [2.05, 4.69) is 51.5 Å². The number of nitrogens with one attached hydrogen (secondary N) is 1. The van der Waals surface area contributed by atoms with Gasteiger partial charge in [-0.05, 0) is 37.6 Å². The van der Waals surface area contributed by atoms with Crippen molar-refractivity contribution in [3.05, 3.63) is 45.2 Å². The van der Waals surface area contributed by atoms with Gasteiger partial charge >= 0.3 is 0 Å². The van der Waals surface area contributed by atoms with Crippen molar-refractivity contribution in [1.82, 2.24) is 15.1 Å². The summed E-state index contributed by atoms with van der Waals surface area (Å²) in [6.45, 7) is 7.46. The standard InChI is InChI=1S/C16H20BrN3O/c1-3-20-15(6-11(2)19-20)10-18-9-13-8-14(17)7-12-4-5-21-16(12)13/h6-8,18H,3-5,9-10H2,1-2H3. The summed E-state index contributed by atoms with van der Waals surface area (Å²) in [6.07, 6.45) is 1.00. The summed E-state index contributed by atoms with van der Waals surface area (Å²) >= 11 is 3.58. The van der Waals surface area contributed by atoms with Gasteiger partial charge in [0.2, 0.25) is 0 Å². The number of rotatable bonds is 5. The molecule has 0 spiro atoms. The first-order valence-electron chi connectivity index (χ1n) is 7.35. The predicted molar refractivity (Wildman–Crippen MR) is 86.5 cm³/mol. The molecule has 0 saturated heterocycles. The number of nitrogens with zero attached hydrogens (tertiary/aromatic N) is 2. The van der Waals surface area contributed by atoms with E-state index >= 15 is 0 Å². The van der Waals surface area contributed by atoms with Crippen LogP contribution in [0.25, 0.3) is 0 Å². The van der Waals surface area contributed by atoms with Gasteiger partial charge in [-0.2, -0.15) is 5.10 Å². The van der Waals surface area contributed by atoms with Crippen LogP contribution < -0.4 is 10.1 Å². The lowest BCUT2D eigenvalue weighted by molar-refractivity contribution is 0.352. The Morgan fingerprint density at radius 3 is 3.00 bits per heavy atom. The molecule has 3 rings (SSSR count). The van der Waals surface area contributed by atoms with Gasteiger partial charge in [-0.1, -0.05) is 15.9 Å². The van der Waals surface area contributed by atoms with Crippen molar-refractivity contribution in [3.63, 3.8) is 0 Å². The van der Waals surface area contributed by atoms with Gasteiger partial charge in [0.25, 0.3) is 0 Å². The first kappa shape index (κ1) is 14.6. The van der Waals surface area contributed by atoms with E-state index < -0.39 is 0 Å². The third-order valence-electron chi connectivity index (χ3n) is 3.73. The van der Waals surface area contributed by atoms with E-state index in [0.717, 1.165) is 48.6 Å². The van der Waals surface area contributed by atoms with Crippen LogP contribution in [0.2, 0.25) is 0 Å². The highest BCUT2D eigenvalue weighted by molar-refractivity contribution is 9.10. The molecular weight excluding hydrogens is 330 g/mol. The average Bonchev–Trinajstić information content (AvgIpc) is 3.04. The van der Waals surface area contributed by atoms with Gasteiger partial charge in [-0.3, -0.25) is 4.68 Å². The quantitative estimate of drug-likeness (QED) is 0.900. The monoisotopic (exact) mass is 349 g/mol. The number of hydrogen-bond acceptors (Lipinski definition) is 3. The number of hydrogen-bond donors (Lipinski definition) is 1. The summed E-state index contributed by atoms with van der Waals surface area (Å²) in [5.41, 5.74) is 4.81. The Bertz CT molecular complexity index is 651. The molecule has 0 aliphatic carbocycles. The maximum Gasteiger partial charge on any atom is 0.127 e. The van der Waals surface area contributed by atoms with Gasteiger partial charge in [-0.25, -0.2) is 0 Å². The van der Waals surface area contributed by atoms with Gasteiger partial charge in [0.15, 0.2) is 0 Å². The molecule has 0 atom stereocenters. The fourth-order valence-electron chi connectivity index (χ4n) is 2.82. The Kier molecular flexibility index (Phi) is 4.31. The highest BCUT2D eigenvalue weighted by Crippen LogP contribution is 2.32. The molecule has 0 bridgehead atoms. The smallest absolute Gasteiger partial charge is 0.127 e. The second kappa shape index (κ2) is 6.20. The average molecular weight is 350 g/mol. The van der Waals surface area contributed by atoms with Crippen LogP contribution in [0.3, 0.4) is 0 Å². The molecule has 0 unspecified atom stereocenters. The second-order valence-corrected chi connectivity index (χ2v) is 6.26. The van der Waals surface area contributed by atoms with E-state index in [1.165, 1.54) is 16.8 Å². The Morgan fingerprint density at radius 1 is 1.33 bits per heavy atom. The van der Waals surface area contributed by atoms with Crippen molar-refractivity contribution >= 4 is 15.9 Å². The molecule has 0 fully saturated rings. The maximum atomic E-state index is 5.76. The minimum absolute atomic E-state index is 0.792. The van der Waals surface area contributed by atoms with Crippen molar-refractivity contribution in [2.45, 2.75) is 39.9 Å². The Hall–Kier alpha value is -1.33. The third-order valence-corrected chi connectivity index (χ3v) is 4.19. The van der Waals surface area contributed by atoms with Crippen molar-refractivity contribution in [3.8, 4) is 5.75 Å². The first-order valence-corrected chi connectivity index (χ1v) is 8.15. The number of aryl methyl sites for hydroxylation is 2. The second-order valence-electron chi connectivity index (χ2n) is 5.35. The topological polar surface area (TPSA) is 39.1 Å². The number of halogens is 1. The van der Waals surface area contributed by atoms with Crippen molar-refractivity contribution < 1.29 is 4.74 Å². The molecule has 5 heteroatoms. The summed E-state index contributed by atoms with van der Waals surface area (Å²) in [5, 5.41) is 7.97. The normalized spacial score (nSPS) is 13.3. The van der Waals surface area contributed by atoms with Crippen LogP contribution in [0.15, 0.2) is 22.7 Å². The fraction of sp³-hybridized carbons (Fsp3) is 0.438. The van der Waals surface area contributed by atoms with Gasteiger partial charge in [0.1, 0.15) is 5.75 Å². The van der Waals surface area contributed by atoms with Crippen LogP contribution in [0.5, 0.6) is 5.75 Å². The van der Waals surface area contributed by atoms with E-state index in [4.69, 9.17) is 4.74 Å². The van der Waals surface area contributed by atoms with Gasteiger partial charge < -0.3 is 10.1 Å². The summed E-state index contributed by atoms with van der Waals surface area (Å²) in [4.78, 5) is 0.